The smallest absolute Gasteiger partial charge is 0.245 e. The molecule has 8 heteroatoms. The van der Waals surface area contributed by atoms with Crippen LogP contribution in [-0.4, -0.2) is 28.2 Å². The highest BCUT2D eigenvalue weighted by atomic mass is 79.9. The molecule has 0 aliphatic rings. The van der Waals surface area contributed by atoms with Gasteiger partial charge in [0.05, 0.1) is 12.6 Å². The molecule has 0 aromatic carbocycles. The van der Waals surface area contributed by atoms with Crippen molar-refractivity contribution in [3.63, 3.8) is 0 Å². The number of halogens is 1. The van der Waals surface area contributed by atoms with Gasteiger partial charge in [0.25, 0.3) is 0 Å². The fraction of sp³-hybridized carbons (Fsp3) is 0.556. The third kappa shape index (κ3) is 3.78. The molecule has 0 bridgehead atoms. The standard InChI is InChI=1S/C9H15BrN2O4S/c1-6(15-2)5-12-17(13,14)8-3-7(4-11)16-9(8)10/h3,6,12H,4-5,11H2,1-2H3. The first-order valence-corrected chi connectivity index (χ1v) is 7.19. The highest BCUT2D eigenvalue weighted by Gasteiger charge is 2.22. The Hall–Kier alpha value is -0.410. The summed E-state index contributed by atoms with van der Waals surface area (Å²) in [5, 5.41) is 0. The first-order chi connectivity index (χ1) is 7.90. The van der Waals surface area contributed by atoms with Gasteiger partial charge in [-0.3, -0.25) is 0 Å². The number of hydrogen-bond acceptors (Lipinski definition) is 5. The van der Waals surface area contributed by atoms with Crippen molar-refractivity contribution in [2.45, 2.75) is 24.5 Å². The summed E-state index contributed by atoms with van der Waals surface area (Å²) in [6.45, 7) is 2.09. The van der Waals surface area contributed by atoms with E-state index in [0.29, 0.717) is 5.76 Å². The van der Waals surface area contributed by atoms with E-state index in [0.717, 1.165) is 0 Å². The molecule has 0 aliphatic carbocycles. The van der Waals surface area contributed by atoms with Gasteiger partial charge in [0, 0.05) is 19.7 Å². The minimum Gasteiger partial charge on any atom is -0.452 e. The molecule has 0 amide bonds. The summed E-state index contributed by atoms with van der Waals surface area (Å²) in [6.07, 6.45) is -0.204. The molecule has 0 saturated carbocycles. The summed E-state index contributed by atoms with van der Waals surface area (Å²) in [5.41, 5.74) is 5.37. The van der Waals surface area contributed by atoms with Crippen LogP contribution in [0.3, 0.4) is 0 Å². The van der Waals surface area contributed by atoms with Gasteiger partial charge in [0.15, 0.2) is 4.67 Å². The first-order valence-electron chi connectivity index (χ1n) is 4.91. The van der Waals surface area contributed by atoms with E-state index in [2.05, 4.69) is 20.7 Å². The Morgan fingerprint density at radius 3 is 2.76 bits per heavy atom. The molecule has 17 heavy (non-hydrogen) atoms. The maximum atomic E-state index is 11.9. The number of nitrogens with two attached hydrogens (primary N) is 1. The van der Waals surface area contributed by atoms with E-state index in [4.69, 9.17) is 14.9 Å². The fourth-order valence-corrected chi connectivity index (χ4v) is 3.18. The van der Waals surface area contributed by atoms with Gasteiger partial charge < -0.3 is 14.9 Å². The zero-order valence-electron chi connectivity index (χ0n) is 9.57. The third-order valence-electron chi connectivity index (χ3n) is 2.16. The fourth-order valence-electron chi connectivity index (χ4n) is 1.07. The molecule has 0 spiro atoms. The third-order valence-corrected chi connectivity index (χ3v) is 4.44. The van der Waals surface area contributed by atoms with Gasteiger partial charge in [0.1, 0.15) is 10.7 Å². The molecule has 3 N–H and O–H groups in total. The molecule has 98 valence electrons. The highest BCUT2D eigenvalue weighted by molar-refractivity contribution is 9.10. The Kier molecular flexibility index (Phi) is 5.14. The number of rotatable bonds is 6. The van der Waals surface area contributed by atoms with Crippen molar-refractivity contribution in [1.29, 1.82) is 0 Å². The normalized spacial score (nSPS) is 13.9. The maximum Gasteiger partial charge on any atom is 0.245 e. The average molecular weight is 327 g/mol. The van der Waals surface area contributed by atoms with Crippen molar-refractivity contribution < 1.29 is 17.6 Å². The van der Waals surface area contributed by atoms with Crippen molar-refractivity contribution in [1.82, 2.24) is 4.72 Å². The minimum absolute atomic E-state index is 0.0428. The van der Waals surface area contributed by atoms with E-state index >= 15 is 0 Å². The van der Waals surface area contributed by atoms with Crippen LogP contribution in [0.15, 0.2) is 20.0 Å². The number of furan rings is 1. The lowest BCUT2D eigenvalue weighted by Crippen LogP contribution is -2.31. The van der Waals surface area contributed by atoms with Crippen LogP contribution in [0.1, 0.15) is 12.7 Å². The molecule has 1 unspecified atom stereocenters. The van der Waals surface area contributed by atoms with E-state index < -0.39 is 10.0 Å². The Morgan fingerprint density at radius 1 is 1.65 bits per heavy atom. The molecule has 0 saturated heterocycles. The van der Waals surface area contributed by atoms with Crippen molar-refractivity contribution in [2.24, 2.45) is 5.73 Å². The number of nitrogens with one attached hydrogen (secondary N) is 1. The highest BCUT2D eigenvalue weighted by Crippen LogP contribution is 2.25. The van der Waals surface area contributed by atoms with Crippen LogP contribution in [0.2, 0.25) is 0 Å². The van der Waals surface area contributed by atoms with Crippen molar-refractivity contribution in [3.05, 3.63) is 16.5 Å². The van der Waals surface area contributed by atoms with Crippen LogP contribution in [0.25, 0.3) is 0 Å². The van der Waals surface area contributed by atoms with Crippen molar-refractivity contribution in [3.8, 4) is 0 Å². The first kappa shape index (κ1) is 14.7. The van der Waals surface area contributed by atoms with Gasteiger partial charge >= 0.3 is 0 Å². The number of methoxy groups -OCH3 is 1. The van der Waals surface area contributed by atoms with E-state index in [-0.39, 0.29) is 28.8 Å². The lowest BCUT2D eigenvalue weighted by Gasteiger charge is -2.10. The minimum atomic E-state index is -3.61. The molecular weight excluding hydrogens is 312 g/mol. The van der Waals surface area contributed by atoms with Crippen LogP contribution in [0, 0.1) is 0 Å². The maximum absolute atomic E-state index is 11.9. The van der Waals surface area contributed by atoms with Crippen LogP contribution in [0.4, 0.5) is 0 Å². The largest absolute Gasteiger partial charge is 0.452 e. The second-order valence-corrected chi connectivity index (χ2v) is 5.91. The monoisotopic (exact) mass is 326 g/mol. The Morgan fingerprint density at radius 2 is 2.29 bits per heavy atom. The molecule has 0 fully saturated rings. The lowest BCUT2D eigenvalue weighted by atomic mass is 10.4. The van der Waals surface area contributed by atoms with E-state index in [1.807, 2.05) is 0 Å². The van der Waals surface area contributed by atoms with Crippen molar-refractivity contribution >= 4 is 26.0 Å². The molecular formula is C9H15BrN2O4S. The van der Waals surface area contributed by atoms with Crippen molar-refractivity contribution in [2.75, 3.05) is 13.7 Å². The Bertz CT molecular complexity index is 471. The van der Waals surface area contributed by atoms with Crippen LogP contribution in [-0.2, 0) is 21.3 Å². The number of sulfonamides is 1. The molecule has 0 aliphatic heterocycles. The van der Waals surface area contributed by atoms with Gasteiger partial charge in [-0.2, -0.15) is 0 Å². The average Bonchev–Trinajstić information content (AvgIpc) is 2.68. The SMILES string of the molecule is COC(C)CNS(=O)(=O)c1cc(CN)oc1Br. The molecule has 1 atom stereocenters. The van der Waals surface area contributed by atoms with Gasteiger partial charge in [-0.15, -0.1) is 0 Å². The predicted molar refractivity (Wildman–Crippen MR) is 66.0 cm³/mol. The summed E-state index contributed by atoms with van der Waals surface area (Å²) in [5.74, 6) is 0.400. The number of ether oxygens (including phenoxy) is 1. The molecule has 6 nitrogen and oxygen atoms in total. The molecule has 1 heterocycles. The number of hydrogen-bond donors (Lipinski definition) is 2. The zero-order chi connectivity index (χ0) is 13.1. The van der Waals surface area contributed by atoms with Gasteiger partial charge in [-0.05, 0) is 22.9 Å². The summed E-state index contributed by atoms with van der Waals surface area (Å²) in [4.78, 5) is 0.0428. The summed E-state index contributed by atoms with van der Waals surface area (Å²) in [6, 6.07) is 1.39. The van der Waals surface area contributed by atoms with E-state index in [1.54, 1.807) is 6.92 Å². The Labute approximate surface area is 109 Å². The second kappa shape index (κ2) is 5.96. The Balaban J connectivity index is 2.85. The second-order valence-electron chi connectivity index (χ2n) is 3.45. The van der Waals surface area contributed by atoms with Crippen LogP contribution in [0.5, 0.6) is 0 Å². The van der Waals surface area contributed by atoms with E-state index in [9.17, 15) is 8.42 Å². The zero-order valence-corrected chi connectivity index (χ0v) is 12.0. The molecule has 1 aromatic rings. The van der Waals surface area contributed by atoms with Gasteiger partial charge in [-0.1, -0.05) is 0 Å². The quantitative estimate of drug-likeness (QED) is 0.806. The van der Waals surface area contributed by atoms with Crippen LogP contribution >= 0.6 is 15.9 Å². The molecule has 1 aromatic heterocycles. The van der Waals surface area contributed by atoms with Gasteiger partial charge in [-0.25, -0.2) is 13.1 Å². The van der Waals surface area contributed by atoms with Crippen LogP contribution < -0.4 is 10.5 Å². The summed E-state index contributed by atoms with van der Waals surface area (Å²) >= 11 is 3.05. The topological polar surface area (TPSA) is 94.6 Å². The van der Waals surface area contributed by atoms with Gasteiger partial charge in [0.2, 0.25) is 10.0 Å². The lowest BCUT2D eigenvalue weighted by molar-refractivity contribution is 0.122. The molecule has 0 radical (unpaired) electrons. The molecule has 1 rings (SSSR count). The summed E-state index contributed by atoms with van der Waals surface area (Å²) in [7, 11) is -2.10. The van der Waals surface area contributed by atoms with E-state index in [1.165, 1.54) is 13.2 Å². The summed E-state index contributed by atoms with van der Waals surface area (Å²) < 4.78 is 36.5. The predicted octanol–water partition coefficient (Wildman–Crippen LogP) is 0.814.